The van der Waals surface area contributed by atoms with Crippen LogP contribution in [-0.2, 0) is 4.62 Å². The van der Waals surface area contributed by atoms with Gasteiger partial charge in [0, 0.05) is 34.2 Å². The SMILES string of the molecule is CCCCN(CCCC)O[P+](NC)(NC)NC. The van der Waals surface area contributed by atoms with Gasteiger partial charge in [-0.15, -0.1) is 20.3 Å². The van der Waals surface area contributed by atoms with Crippen molar-refractivity contribution in [2.75, 3.05) is 34.2 Å². The molecule has 0 aliphatic rings. The van der Waals surface area contributed by atoms with Crippen molar-refractivity contribution in [2.24, 2.45) is 0 Å². The van der Waals surface area contributed by atoms with Crippen molar-refractivity contribution in [3.8, 4) is 0 Å². The van der Waals surface area contributed by atoms with Crippen LogP contribution in [0.1, 0.15) is 39.5 Å². The fourth-order valence-electron chi connectivity index (χ4n) is 1.49. The van der Waals surface area contributed by atoms with E-state index in [2.05, 4.69) is 34.2 Å². The Morgan fingerprint density at radius 2 is 1.29 bits per heavy atom. The van der Waals surface area contributed by atoms with E-state index in [4.69, 9.17) is 4.62 Å². The van der Waals surface area contributed by atoms with Crippen LogP contribution in [0.2, 0.25) is 0 Å². The lowest BCUT2D eigenvalue weighted by Gasteiger charge is -2.27. The van der Waals surface area contributed by atoms with Gasteiger partial charge in [0.25, 0.3) is 0 Å². The Bertz CT molecular complexity index is 163. The highest BCUT2D eigenvalue weighted by molar-refractivity contribution is 7.65. The number of unbranched alkanes of at least 4 members (excludes halogenated alkanes) is 2. The lowest BCUT2D eigenvalue weighted by Crippen LogP contribution is -2.39. The van der Waals surface area contributed by atoms with E-state index in [1.165, 1.54) is 25.7 Å². The van der Waals surface area contributed by atoms with Gasteiger partial charge >= 0.3 is 7.94 Å². The first-order chi connectivity index (χ1) is 8.17. The molecule has 0 aromatic carbocycles. The Hall–Kier alpha value is 0.230. The van der Waals surface area contributed by atoms with Gasteiger partial charge in [-0.25, -0.2) is 0 Å². The van der Waals surface area contributed by atoms with Crippen molar-refractivity contribution in [1.29, 1.82) is 0 Å². The molecule has 17 heavy (non-hydrogen) atoms. The van der Waals surface area contributed by atoms with Crippen LogP contribution in [0.5, 0.6) is 0 Å². The molecule has 0 aliphatic carbocycles. The first-order valence-corrected chi connectivity index (χ1v) is 8.29. The number of nitrogens with zero attached hydrogens (tertiary/aromatic N) is 1. The quantitative estimate of drug-likeness (QED) is 0.395. The number of rotatable bonds is 11. The summed E-state index contributed by atoms with van der Waals surface area (Å²) in [6, 6.07) is 0. The van der Waals surface area contributed by atoms with Crippen LogP contribution >= 0.6 is 7.94 Å². The number of hydrogen-bond donors (Lipinski definition) is 3. The van der Waals surface area contributed by atoms with Crippen LogP contribution in [0.4, 0.5) is 0 Å². The molecule has 0 amide bonds. The lowest BCUT2D eigenvalue weighted by molar-refractivity contribution is -0.0587. The maximum absolute atomic E-state index is 6.10. The maximum atomic E-state index is 6.10. The van der Waals surface area contributed by atoms with Gasteiger partial charge in [0.2, 0.25) is 0 Å². The maximum Gasteiger partial charge on any atom is 0.386 e. The molecule has 5 nitrogen and oxygen atoms in total. The van der Waals surface area contributed by atoms with Crippen LogP contribution < -0.4 is 15.3 Å². The smallest absolute Gasteiger partial charge is 0.144 e. The summed E-state index contributed by atoms with van der Waals surface area (Å²) in [5, 5.41) is 11.8. The summed E-state index contributed by atoms with van der Waals surface area (Å²) in [5.41, 5.74) is 0. The van der Waals surface area contributed by atoms with Crippen molar-refractivity contribution < 1.29 is 4.62 Å². The van der Waals surface area contributed by atoms with E-state index in [0.29, 0.717) is 0 Å². The first kappa shape index (κ1) is 17.2. The predicted octanol–water partition coefficient (Wildman–Crippen LogP) is 2.16. The van der Waals surface area contributed by atoms with E-state index < -0.39 is 7.94 Å². The van der Waals surface area contributed by atoms with Gasteiger partial charge in [-0.2, -0.15) is 0 Å². The minimum atomic E-state index is -1.90. The molecule has 0 bridgehead atoms. The van der Waals surface area contributed by atoms with E-state index in [1.54, 1.807) is 0 Å². The number of hydroxylamine groups is 2. The highest BCUT2D eigenvalue weighted by atomic mass is 31.2. The zero-order valence-corrected chi connectivity index (χ0v) is 12.9. The molecule has 0 aromatic rings. The summed E-state index contributed by atoms with van der Waals surface area (Å²) in [6.45, 7) is 6.38. The van der Waals surface area contributed by atoms with Crippen molar-refractivity contribution in [2.45, 2.75) is 39.5 Å². The van der Waals surface area contributed by atoms with E-state index in [-0.39, 0.29) is 0 Å². The fourth-order valence-corrected chi connectivity index (χ4v) is 2.92. The van der Waals surface area contributed by atoms with E-state index >= 15 is 0 Å². The Balaban J connectivity index is 4.34. The van der Waals surface area contributed by atoms with Crippen molar-refractivity contribution in [3.63, 3.8) is 0 Å². The molecule has 0 spiro atoms. The summed E-state index contributed by atoms with van der Waals surface area (Å²) in [7, 11) is 3.85. The zero-order chi connectivity index (χ0) is 13.1. The predicted molar refractivity (Wildman–Crippen MR) is 76.6 cm³/mol. The molecule has 0 atom stereocenters. The highest BCUT2D eigenvalue weighted by Gasteiger charge is 2.39. The molecular formula is C11H30N4OP+. The molecule has 3 N–H and O–H groups in total. The van der Waals surface area contributed by atoms with Crippen molar-refractivity contribution >= 4 is 7.94 Å². The van der Waals surface area contributed by atoms with Crippen LogP contribution in [0.3, 0.4) is 0 Å². The molecular weight excluding hydrogens is 235 g/mol. The fraction of sp³-hybridized carbons (Fsp3) is 1.00. The minimum absolute atomic E-state index is 0.989. The summed E-state index contributed by atoms with van der Waals surface area (Å²) in [5.74, 6) is 0. The average molecular weight is 265 g/mol. The van der Waals surface area contributed by atoms with E-state index in [9.17, 15) is 0 Å². The summed E-state index contributed by atoms with van der Waals surface area (Å²) < 4.78 is 6.10. The third kappa shape index (κ3) is 6.65. The number of nitrogens with one attached hydrogen (secondary N) is 3. The van der Waals surface area contributed by atoms with Crippen molar-refractivity contribution in [3.05, 3.63) is 0 Å². The first-order valence-electron chi connectivity index (χ1n) is 6.58. The number of hydrogen-bond acceptors (Lipinski definition) is 5. The molecule has 6 heteroatoms. The molecule has 0 aliphatic heterocycles. The molecule has 0 aromatic heterocycles. The van der Waals surface area contributed by atoms with Crippen LogP contribution in [0.15, 0.2) is 0 Å². The summed E-state index contributed by atoms with van der Waals surface area (Å²) in [6.07, 6.45) is 4.72. The van der Waals surface area contributed by atoms with E-state index in [0.717, 1.165) is 13.1 Å². The van der Waals surface area contributed by atoms with Gasteiger partial charge < -0.3 is 0 Å². The largest absolute Gasteiger partial charge is 0.386 e. The third-order valence-corrected chi connectivity index (χ3v) is 5.07. The monoisotopic (exact) mass is 265 g/mol. The summed E-state index contributed by atoms with van der Waals surface area (Å²) in [4.78, 5) is 0. The average Bonchev–Trinajstić information content (AvgIpc) is 2.38. The topological polar surface area (TPSA) is 48.6 Å². The Labute approximate surface area is 107 Å². The molecule has 0 rings (SSSR count). The van der Waals surface area contributed by atoms with Crippen LogP contribution in [0, 0.1) is 0 Å². The van der Waals surface area contributed by atoms with Crippen molar-refractivity contribution in [1.82, 2.24) is 20.3 Å². The second-order valence-corrected chi connectivity index (χ2v) is 6.72. The third-order valence-electron chi connectivity index (χ3n) is 2.70. The van der Waals surface area contributed by atoms with Gasteiger partial charge in [0.1, 0.15) is 0 Å². The Morgan fingerprint density at radius 1 is 0.882 bits per heavy atom. The van der Waals surface area contributed by atoms with E-state index in [1.807, 2.05) is 21.1 Å². The standard InChI is InChI=1S/C11H30N4OP/c1-6-8-10-15(11-9-7-2)16-17(12-3,13-4)14-5/h12-14H,6-11H2,1-5H3/q+1. The van der Waals surface area contributed by atoms with Gasteiger partial charge in [0.05, 0.1) is 0 Å². The normalized spacial score (nSPS) is 12.4. The van der Waals surface area contributed by atoms with Gasteiger partial charge in [0.15, 0.2) is 0 Å². The Kier molecular flexibility index (Phi) is 10.3. The van der Waals surface area contributed by atoms with Crippen LogP contribution in [0.25, 0.3) is 0 Å². The molecule has 0 saturated heterocycles. The summed E-state index contributed by atoms with van der Waals surface area (Å²) >= 11 is 0. The highest BCUT2D eigenvalue weighted by Crippen LogP contribution is 2.45. The minimum Gasteiger partial charge on any atom is -0.144 e. The molecule has 0 radical (unpaired) electrons. The molecule has 104 valence electrons. The molecule has 0 heterocycles. The molecule has 0 unspecified atom stereocenters. The zero-order valence-electron chi connectivity index (χ0n) is 12.0. The second kappa shape index (κ2) is 10.2. The second-order valence-electron chi connectivity index (χ2n) is 4.00. The Morgan fingerprint density at radius 3 is 1.59 bits per heavy atom. The molecule has 0 fully saturated rings. The van der Waals surface area contributed by atoms with Gasteiger partial charge in [-0.1, -0.05) is 31.3 Å². The molecule has 0 saturated carbocycles. The van der Waals surface area contributed by atoms with Gasteiger partial charge in [-0.05, 0) is 12.8 Å². The van der Waals surface area contributed by atoms with Crippen LogP contribution in [-0.4, -0.2) is 39.3 Å². The van der Waals surface area contributed by atoms with Gasteiger partial charge in [-0.3, -0.25) is 0 Å². The lowest BCUT2D eigenvalue weighted by atomic mass is 10.3.